The summed E-state index contributed by atoms with van der Waals surface area (Å²) in [6.45, 7) is 2.19. The van der Waals surface area contributed by atoms with Crippen LogP contribution in [0.5, 0.6) is 5.75 Å². The van der Waals surface area contributed by atoms with Crippen LogP contribution in [-0.2, 0) is 24.9 Å². The van der Waals surface area contributed by atoms with Gasteiger partial charge in [-0.15, -0.1) is 5.10 Å². The molecule has 5 rings (SSSR count). The molecule has 216 valence electrons. The predicted molar refractivity (Wildman–Crippen MR) is 164 cm³/mol. The van der Waals surface area contributed by atoms with E-state index in [4.69, 9.17) is 21.3 Å². The van der Waals surface area contributed by atoms with Gasteiger partial charge in [-0.25, -0.2) is 9.67 Å². The lowest BCUT2D eigenvalue weighted by Crippen LogP contribution is -2.32. The Hall–Kier alpha value is -3.95. The molecule has 0 amide bonds. The van der Waals surface area contributed by atoms with Crippen molar-refractivity contribution in [2.24, 2.45) is 13.0 Å². The van der Waals surface area contributed by atoms with E-state index in [2.05, 4.69) is 27.7 Å². The maximum atomic E-state index is 11.7. The minimum absolute atomic E-state index is 0.0357. The van der Waals surface area contributed by atoms with Gasteiger partial charge >= 0.3 is 0 Å². The van der Waals surface area contributed by atoms with Crippen LogP contribution in [0.2, 0.25) is 5.02 Å². The number of halogens is 1. The third-order valence-corrected chi connectivity index (χ3v) is 8.95. The number of benzene rings is 3. The SMILES string of the molecule is CCC(CSC(CCc1ccccc1-c1nnnn1C)c1cccc(OCc2ccc3ccc(Cl)cc3n2)c1)C(=O)[O-]. The number of rotatable bonds is 13. The summed E-state index contributed by atoms with van der Waals surface area (Å²) in [5, 5.41) is 25.3. The summed E-state index contributed by atoms with van der Waals surface area (Å²) in [6.07, 6.45) is 2.07. The number of pyridine rings is 1. The zero-order valence-electron chi connectivity index (χ0n) is 23.4. The van der Waals surface area contributed by atoms with Gasteiger partial charge in [0.1, 0.15) is 12.4 Å². The van der Waals surface area contributed by atoms with Gasteiger partial charge in [-0.3, -0.25) is 0 Å². The number of hydrogen-bond acceptors (Lipinski definition) is 8. The molecule has 0 radical (unpaired) electrons. The summed E-state index contributed by atoms with van der Waals surface area (Å²) in [4.78, 5) is 16.4. The van der Waals surface area contributed by atoms with Crippen molar-refractivity contribution in [1.29, 1.82) is 0 Å². The number of ether oxygens (including phenoxy) is 1. The molecule has 2 atom stereocenters. The third kappa shape index (κ3) is 7.27. The Morgan fingerprint density at radius 1 is 1.07 bits per heavy atom. The van der Waals surface area contributed by atoms with Crippen molar-refractivity contribution in [2.45, 2.75) is 38.0 Å². The molecular weight excluding hydrogens is 570 g/mol. The molecule has 0 aliphatic heterocycles. The number of aryl methyl sites for hydroxylation is 2. The first-order valence-corrected chi connectivity index (χ1v) is 15.2. The Morgan fingerprint density at radius 2 is 1.90 bits per heavy atom. The molecular formula is C32H31ClN5O3S-. The van der Waals surface area contributed by atoms with Gasteiger partial charge in [0.25, 0.3) is 0 Å². The second-order valence-corrected chi connectivity index (χ2v) is 11.7. The van der Waals surface area contributed by atoms with Gasteiger partial charge in [0.05, 0.1) is 11.2 Å². The third-order valence-electron chi connectivity index (χ3n) is 7.21. The summed E-state index contributed by atoms with van der Waals surface area (Å²) in [7, 11) is 1.82. The first kappa shape index (κ1) is 29.5. The van der Waals surface area contributed by atoms with Crippen LogP contribution in [0.15, 0.2) is 78.9 Å². The molecule has 0 aliphatic rings. The number of carboxylic acid groups (broad SMARTS) is 1. The number of thioether (sulfide) groups is 1. The molecule has 0 saturated heterocycles. The number of fused-ring (bicyclic) bond motifs is 1. The molecule has 0 saturated carbocycles. The standard InChI is InChI=1S/C32H32ClN5O3S/c1-3-21(32(39)40)20-42-30(16-13-22-7-4-5-10-28(22)31-35-36-37-38(31)2)24-8-6-9-27(17-24)41-19-26-15-12-23-11-14-25(33)18-29(23)34-26/h4-12,14-15,17-18,21,30H,3,13,16,19-20H2,1-2H3,(H,39,40)/p-1. The molecule has 2 aromatic heterocycles. The van der Waals surface area contributed by atoms with Gasteiger partial charge in [0.2, 0.25) is 0 Å². The van der Waals surface area contributed by atoms with Crippen LogP contribution >= 0.6 is 23.4 Å². The Bertz CT molecular complexity index is 1680. The van der Waals surface area contributed by atoms with Gasteiger partial charge in [-0.05, 0) is 71.1 Å². The summed E-state index contributed by atoms with van der Waals surface area (Å²) in [6, 6.07) is 25.7. The topological polar surface area (TPSA) is 106 Å². The van der Waals surface area contributed by atoms with E-state index in [9.17, 15) is 9.90 Å². The molecule has 2 unspecified atom stereocenters. The van der Waals surface area contributed by atoms with Crippen molar-refractivity contribution in [3.8, 4) is 17.1 Å². The molecule has 3 aromatic carbocycles. The monoisotopic (exact) mass is 600 g/mol. The van der Waals surface area contributed by atoms with Crippen LogP contribution in [0.3, 0.4) is 0 Å². The number of hydrogen-bond donors (Lipinski definition) is 0. The second-order valence-electron chi connectivity index (χ2n) is 10.1. The van der Waals surface area contributed by atoms with Crippen LogP contribution < -0.4 is 9.84 Å². The van der Waals surface area contributed by atoms with Gasteiger partial charge in [-0.2, -0.15) is 11.8 Å². The van der Waals surface area contributed by atoms with Crippen molar-refractivity contribution in [3.05, 3.63) is 101 Å². The fourth-order valence-electron chi connectivity index (χ4n) is 4.81. The molecule has 8 nitrogen and oxygen atoms in total. The highest BCUT2D eigenvalue weighted by Gasteiger charge is 2.19. The number of tetrazole rings is 1. The number of nitrogens with zero attached hydrogens (tertiary/aromatic N) is 5. The Kier molecular flexibility index (Phi) is 9.71. The van der Waals surface area contributed by atoms with Crippen LogP contribution in [0.25, 0.3) is 22.3 Å². The van der Waals surface area contributed by atoms with Crippen LogP contribution in [-0.4, -0.2) is 36.9 Å². The molecule has 0 fully saturated rings. The predicted octanol–water partition coefficient (Wildman–Crippen LogP) is 5.84. The number of carboxylic acids is 1. The van der Waals surface area contributed by atoms with Crippen molar-refractivity contribution in [3.63, 3.8) is 0 Å². The highest BCUT2D eigenvalue weighted by molar-refractivity contribution is 7.99. The van der Waals surface area contributed by atoms with Crippen molar-refractivity contribution >= 4 is 40.2 Å². The minimum Gasteiger partial charge on any atom is -0.550 e. The van der Waals surface area contributed by atoms with Gasteiger partial charge in [0.15, 0.2) is 5.82 Å². The zero-order valence-corrected chi connectivity index (χ0v) is 25.0. The van der Waals surface area contributed by atoms with E-state index in [1.807, 2.05) is 80.7 Å². The Labute approximate surface area is 254 Å². The average Bonchev–Trinajstić information content (AvgIpc) is 3.43. The van der Waals surface area contributed by atoms with E-state index in [0.29, 0.717) is 29.6 Å². The van der Waals surface area contributed by atoms with Crippen LogP contribution in [0.4, 0.5) is 0 Å². The van der Waals surface area contributed by atoms with E-state index in [0.717, 1.165) is 51.9 Å². The van der Waals surface area contributed by atoms with Crippen LogP contribution in [0.1, 0.15) is 41.8 Å². The normalized spacial score (nSPS) is 12.7. The fraction of sp³-hybridized carbons (Fsp3) is 0.281. The number of aromatic nitrogens is 5. The number of carbonyl (C=O) groups is 1. The largest absolute Gasteiger partial charge is 0.550 e. The maximum absolute atomic E-state index is 11.7. The average molecular weight is 601 g/mol. The first-order chi connectivity index (χ1) is 20.4. The van der Waals surface area contributed by atoms with E-state index < -0.39 is 11.9 Å². The van der Waals surface area contributed by atoms with Gasteiger partial charge in [0, 0.05) is 45.9 Å². The number of carbonyl (C=O) groups excluding carboxylic acids is 1. The fourth-order valence-corrected chi connectivity index (χ4v) is 6.43. The van der Waals surface area contributed by atoms with E-state index in [-0.39, 0.29) is 5.25 Å². The van der Waals surface area contributed by atoms with Gasteiger partial charge in [-0.1, -0.05) is 67.1 Å². The Morgan fingerprint density at radius 3 is 2.69 bits per heavy atom. The van der Waals surface area contributed by atoms with Gasteiger partial charge < -0.3 is 14.6 Å². The molecule has 2 heterocycles. The molecule has 5 aromatic rings. The second kappa shape index (κ2) is 13.8. The highest BCUT2D eigenvalue weighted by atomic mass is 35.5. The smallest absolute Gasteiger partial charge is 0.182 e. The van der Waals surface area contributed by atoms with Crippen LogP contribution in [0, 0.1) is 5.92 Å². The summed E-state index contributed by atoms with van der Waals surface area (Å²) >= 11 is 7.79. The number of aliphatic carboxylic acids is 1. The van der Waals surface area contributed by atoms with Crippen molar-refractivity contribution in [1.82, 2.24) is 25.2 Å². The summed E-state index contributed by atoms with van der Waals surface area (Å²) < 4.78 is 7.82. The molecule has 0 aliphatic carbocycles. The molecule has 0 spiro atoms. The molecule has 0 bridgehead atoms. The highest BCUT2D eigenvalue weighted by Crippen LogP contribution is 2.37. The van der Waals surface area contributed by atoms with E-state index in [1.54, 1.807) is 16.4 Å². The molecule has 10 heteroatoms. The first-order valence-electron chi connectivity index (χ1n) is 13.8. The lowest BCUT2D eigenvalue weighted by atomic mass is 9.99. The molecule has 42 heavy (non-hydrogen) atoms. The Balaban J connectivity index is 1.34. The van der Waals surface area contributed by atoms with Crippen molar-refractivity contribution < 1.29 is 14.6 Å². The van der Waals surface area contributed by atoms with E-state index >= 15 is 0 Å². The molecule has 0 N–H and O–H groups in total. The quantitative estimate of drug-likeness (QED) is 0.166. The summed E-state index contributed by atoms with van der Waals surface area (Å²) in [5.74, 6) is 0.375. The summed E-state index contributed by atoms with van der Waals surface area (Å²) in [5.41, 5.74) is 4.81. The minimum atomic E-state index is -1.01. The van der Waals surface area contributed by atoms with E-state index in [1.165, 1.54) is 0 Å². The maximum Gasteiger partial charge on any atom is 0.182 e. The lowest BCUT2D eigenvalue weighted by Gasteiger charge is -2.22. The van der Waals surface area contributed by atoms with Crippen molar-refractivity contribution in [2.75, 3.05) is 5.75 Å². The lowest BCUT2D eigenvalue weighted by molar-refractivity contribution is -0.310. The zero-order chi connectivity index (χ0) is 29.5.